The van der Waals surface area contributed by atoms with Gasteiger partial charge in [-0.05, 0) is 69.4 Å². The second kappa shape index (κ2) is 5.40. The molecule has 0 fully saturated rings. The molecule has 1 heterocycles. The number of H-pyrrole nitrogens is 1. The Morgan fingerprint density at radius 2 is 2.00 bits per heavy atom. The molecule has 0 spiro atoms. The number of fused-ring (bicyclic) bond motifs is 1. The van der Waals surface area contributed by atoms with Crippen LogP contribution in [-0.4, -0.2) is 22.2 Å². The molecule has 3 rings (SSSR count). The third-order valence-electron chi connectivity index (χ3n) is 2.97. The summed E-state index contributed by atoms with van der Waals surface area (Å²) in [5.74, 6) is 1.67. The largest absolute Gasteiger partial charge is 0.506 e. The Bertz CT molecular complexity index is 799. The topological polar surface area (TPSA) is 58.1 Å². The molecule has 1 aromatic heterocycles. The van der Waals surface area contributed by atoms with Crippen LogP contribution in [0.5, 0.6) is 11.5 Å². The summed E-state index contributed by atoms with van der Waals surface area (Å²) in [6.45, 7) is 0. The van der Waals surface area contributed by atoms with Gasteiger partial charge in [-0.25, -0.2) is 4.98 Å². The number of aromatic hydroxyl groups is 1. The van der Waals surface area contributed by atoms with Gasteiger partial charge in [-0.1, -0.05) is 0 Å². The van der Waals surface area contributed by atoms with Crippen molar-refractivity contribution < 1.29 is 9.84 Å². The van der Waals surface area contributed by atoms with Crippen LogP contribution in [0.1, 0.15) is 0 Å². The highest BCUT2D eigenvalue weighted by Gasteiger charge is 2.13. The van der Waals surface area contributed by atoms with Gasteiger partial charge in [0.1, 0.15) is 17.3 Å². The van der Waals surface area contributed by atoms with Gasteiger partial charge < -0.3 is 14.8 Å². The van der Waals surface area contributed by atoms with Crippen molar-refractivity contribution in [1.82, 2.24) is 9.97 Å². The van der Waals surface area contributed by atoms with Crippen molar-refractivity contribution in [3.63, 3.8) is 0 Å². The van der Waals surface area contributed by atoms with Crippen molar-refractivity contribution in [2.45, 2.75) is 0 Å². The van der Waals surface area contributed by atoms with E-state index < -0.39 is 0 Å². The number of halogens is 2. The van der Waals surface area contributed by atoms with Crippen LogP contribution in [0.15, 0.2) is 30.3 Å². The van der Waals surface area contributed by atoms with E-state index in [4.69, 9.17) is 4.74 Å². The number of rotatable bonds is 2. The van der Waals surface area contributed by atoms with Crippen LogP contribution in [0.4, 0.5) is 0 Å². The van der Waals surface area contributed by atoms with Crippen LogP contribution in [0.25, 0.3) is 22.4 Å². The van der Waals surface area contributed by atoms with Gasteiger partial charge >= 0.3 is 0 Å². The molecular formula is C14H10I2N2O2. The fourth-order valence-corrected chi connectivity index (χ4v) is 3.83. The standard InChI is InChI=1S/C14H10I2N2O2/c1-20-8-2-3-11-12(6-8)18-14(17-11)9-4-7(15)5-10(16)13(9)19/h2-6,19H,1H3,(H,17,18). The van der Waals surface area contributed by atoms with Gasteiger partial charge in [-0.3, -0.25) is 0 Å². The predicted molar refractivity (Wildman–Crippen MR) is 95.2 cm³/mol. The first-order valence-corrected chi connectivity index (χ1v) is 7.96. The Kier molecular flexibility index (Phi) is 3.76. The van der Waals surface area contributed by atoms with Crippen molar-refractivity contribution in [2.75, 3.05) is 7.11 Å². The predicted octanol–water partition coefficient (Wildman–Crippen LogP) is 4.15. The van der Waals surface area contributed by atoms with Crippen LogP contribution in [-0.2, 0) is 0 Å². The highest BCUT2D eigenvalue weighted by molar-refractivity contribution is 14.1. The van der Waals surface area contributed by atoms with Crippen LogP contribution in [0.3, 0.4) is 0 Å². The first-order chi connectivity index (χ1) is 9.58. The molecule has 0 aliphatic heterocycles. The summed E-state index contributed by atoms with van der Waals surface area (Å²) in [4.78, 5) is 7.75. The second-order valence-electron chi connectivity index (χ2n) is 4.25. The Hall–Kier alpha value is -1.03. The molecule has 0 saturated heterocycles. The molecule has 4 nitrogen and oxygen atoms in total. The number of nitrogens with zero attached hydrogens (tertiary/aromatic N) is 1. The molecule has 0 atom stereocenters. The van der Waals surface area contributed by atoms with E-state index >= 15 is 0 Å². The van der Waals surface area contributed by atoms with Crippen molar-refractivity contribution in [3.8, 4) is 22.9 Å². The molecule has 102 valence electrons. The fraction of sp³-hybridized carbons (Fsp3) is 0.0714. The van der Waals surface area contributed by atoms with Gasteiger partial charge in [0.15, 0.2) is 0 Å². The number of aromatic amines is 1. The number of ether oxygens (including phenoxy) is 1. The molecule has 0 aliphatic rings. The SMILES string of the molecule is COc1ccc2nc(-c3cc(I)cc(I)c3O)[nH]c2c1. The summed E-state index contributed by atoms with van der Waals surface area (Å²) in [7, 11) is 1.63. The molecule has 0 radical (unpaired) electrons. The van der Waals surface area contributed by atoms with Crippen molar-refractivity contribution in [2.24, 2.45) is 0 Å². The number of phenolic OH excluding ortho intramolecular Hbond substituents is 1. The lowest BCUT2D eigenvalue weighted by atomic mass is 10.2. The average molecular weight is 492 g/mol. The van der Waals surface area contributed by atoms with Crippen molar-refractivity contribution in [3.05, 3.63) is 37.5 Å². The number of phenols is 1. The highest BCUT2D eigenvalue weighted by atomic mass is 127. The summed E-state index contributed by atoms with van der Waals surface area (Å²) in [6, 6.07) is 9.48. The van der Waals surface area contributed by atoms with Crippen molar-refractivity contribution in [1.29, 1.82) is 0 Å². The van der Waals surface area contributed by atoms with E-state index in [2.05, 4.69) is 55.1 Å². The number of methoxy groups -OCH3 is 1. The molecule has 0 amide bonds. The van der Waals surface area contributed by atoms with Gasteiger partial charge in [-0.2, -0.15) is 0 Å². The van der Waals surface area contributed by atoms with E-state index in [1.54, 1.807) is 7.11 Å². The molecule has 0 aliphatic carbocycles. The molecule has 3 aromatic rings. The highest BCUT2D eigenvalue weighted by Crippen LogP contribution is 2.34. The molecule has 0 bridgehead atoms. The number of nitrogens with one attached hydrogen (secondary N) is 1. The summed E-state index contributed by atoms with van der Waals surface area (Å²) < 4.78 is 7.06. The zero-order chi connectivity index (χ0) is 14.3. The maximum atomic E-state index is 10.2. The Labute approximate surface area is 142 Å². The fourth-order valence-electron chi connectivity index (χ4n) is 1.99. The lowest BCUT2D eigenvalue weighted by Gasteiger charge is -2.04. The number of aromatic nitrogens is 2. The van der Waals surface area contributed by atoms with Crippen molar-refractivity contribution >= 4 is 56.2 Å². The second-order valence-corrected chi connectivity index (χ2v) is 6.66. The van der Waals surface area contributed by atoms with Crippen LogP contribution in [0.2, 0.25) is 0 Å². The minimum absolute atomic E-state index is 0.247. The Morgan fingerprint density at radius 3 is 2.75 bits per heavy atom. The van der Waals surface area contributed by atoms with Crippen LogP contribution in [0, 0.1) is 7.14 Å². The zero-order valence-electron chi connectivity index (χ0n) is 10.4. The molecular weight excluding hydrogens is 482 g/mol. The molecule has 0 saturated carbocycles. The zero-order valence-corrected chi connectivity index (χ0v) is 14.8. The quantitative estimate of drug-likeness (QED) is 0.529. The number of benzene rings is 2. The van der Waals surface area contributed by atoms with Gasteiger partial charge in [0, 0.05) is 9.64 Å². The van der Waals surface area contributed by atoms with E-state index in [-0.39, 0.29) is 5.75 Å². The van der Waals surface area contributed by atoms with E-state index in [1.165, 1.54) is 0 Å². The van der Waals surface area contributed by atoms with Crippen LogP contribution >= 0.6 is 45.2 Å². The number of imidazole rings is 1. The lowest BCUT2D eigenvalue weighted by molar-refractivity contribution is 0.415. The average Bonchev–Trinajstić information content (AvgIpc) is 2.85. The van der Waals surface area contributed by atoms with Gasteiger partial charge in [0.2, 0.25) is 0 Å². The summed E-state index contributed by atoms with van der Waals surface area (Å²) in [5.41, 5.74) is 2.43. The third-order valence-corrected chi connectivity index (χ3v) is 4.42. The first kappa shape index (κ1) is 13.9. The molecule has 0 unspecified atom stereocenters. The smallest absolute Gasteiger partial charge is 0.142 e. The van der Waals surface area contributed by atoms with E-state index in [9.17, 15) is 5.11 Å². The monoisotopic (exact) mass is 492 g/mol. The molecule has 6 heteroatoms. The maximum absolute atomic E-state index is 10.2. The van der Waals surface area contributed by atoms with E-state index in [0.29, 0.717) is 11.4 Å². The van der Waals surface area contributed by atoms with Crippen LogP contribution < -0.4 is 4.74 Å². The normalized spacial score (nSPS) is 10.9. The summed E-state index contributed by atoms with van der Waals surface area (Å²) >= 11 is 4.34. The molecule has 2 N–H and O–H groups in total. The summed E-state index contributed by atoms with van der Waals surface area (Å²) in [6.07, 6.45) is 0. The first-order valence-electron chi connectivity index (χ1n) is 5.80. The van der Waals surface area contributed by atoms with E-state index in [0.717, 1.165) is 23.9 Å². The Balaban J connectivity index is 2.20. The Morgan fingerprint density at radius 1 is 1.20 bits per heavy atom. The van der Waals surface area contributed by atoms with Gasteiger partial charge in [-0.15, -0.1) is 0 Å². The minimum atomic E-state index is 0.247. The maximum Gasteiger partial charge on any atom is 0.142 e. The van der Waals surface area contributed by atoms with Gasteiger partial charge in [0.05, 0.1) is 27.3 Å². The number of hydrogen-bond donors (Lipinski definition) is 2. The summed E-state index contributed by atoms with van der Waals surface area (Å²) in [5, 5.41) is 10.2. The number of hydrogen-bond acceptors (Lipinski definition) is 3. The van der Waals surface area contributed by atoms with E-state index in [1.807, 2.05) is 30.3 Å². The molecule has 2 aromatic carbocycles. The lowest BCUT2D eigenvalue weighted by Crippen LogP contribution is -1.86. The van der Waals surface area contributed by atoms with Gasteiger partial charge in [0.25, 0.3) is 0 Å². The molecule has 20 heavy (non-hydrogen) atoms. The third kappa shape index (κ3) is 2.46. The minimum Gasteiger partial charge on any atom is -0.506 e.